The van der Waals surface area contributed by atoms with Crippen molar-refractivity contribution in [1.82, 2.24) is 10.2 Å². The Bertz CT molecular complexity index is 306. The van der Waals surface area contributed by atoms with Gasteiger partial charge in [-0.3, -0.25) is 5.41 Å². The number of nitrogens with two attached hydrogens (primary N) is 1. The van der Waals surface area contributed by atoms with Gasteiger partial charge in [-0.2, -0.15) is 0 Å². The molecular formula is C8H13N5S. The van der Waals surface area contributed by atoms with E-state index in [1.807, 2.05) is 0 Å². The molecule has 0 aromatic carbocycles. The molecule has 0 unspecified atom stereocenters. The molecule has 1 aromatic rings. The van der Waals surface area contributed by atoms with Gasteiger partial charge in [-0.25, -0.2) is 0 Å². The van der Waals surface area contributed by atoms with E-state index in [-0.39, 0.29) is 5.84 Å². The Kier molecular flexibility index (Phi) is 2.62. The van der Waals surface area contributed by atoms with E-state index in [0.717, 1.165) is 11.7 Å². The van der Waals surface area contributed by atoms with Crippen molar-refractivity contribution in [3.05, 3.63) is 5.51 Å². The summed E-state index contributed by atoms with van der Waals surface area (Å²) in [5.74, 6) is 0.236. The zero-order chi connectivity index (χ0) is 9.97. The number of aromatic nitrogens is 2. The molecular weight excluding hydrogens is 198 g/mol. The van der Waals surface area contributed by atoms with Crippen LogP contribution in [0.25, 0.3) is 0 Å². The highest BCUT2D eigenvalue weighted by Crippen LogP contribution is 2.32. The molecule has 0 bridgehead atoms. The normalized spacial score (nSPS) is 15.4. The van der Waals surface area contributed by atoms with Crippen LogP contribution in [0.15, 0.2) is 5.51 Å². The molecule has 1 saturated carbocycles. The minimum atomic E-state index is 0.236. The van der Waals surface area contributed by atoms with Gasteiger partial charge in [-0.1, -0.05) is 11.3 Å². The van der Waals surface area contributed by atoms with Gasteiger partial charge in [0.15, 0.2) is 0 Å². The second kappa shape index (κ2) is 3.91. The summed E-state index contributed by atoms with van der Waals surface area (Å²) in [4.78, 5) is 2.21. The number of hydrogen-bond donors (Lipinski definition) is 2. The fourth-order valence-corrected chi connectivity index (χ4v) is 2.01. The molecule has 0 atom stereocenters. The minimum Gasteiger partial charge on any atom is -0.388 e. The molecule has 0 saturated heterocycles. The molecule has 76 valence electrons. The number of nitrogens with zero attached hydrogens (tertiary/aromatic N) is 3. The average molecular weight is 211 g/mol. The monoisotopic (exact) mass is 211 g/mol. The third-order valence-electron chi connectivity index (χ3n) is 2.20. The van der Waals surface area contributed by atoms with E-state index in [0.29, 0.717) is 12.5 Å². The predicted octanol–water partition coefficient (Wildman–Crippen LogP) is 0.833. The van der Waals surface area contributed by atoms with Crippen LogP contribution in [0.3, 0.4) is 0 Å². The molecule has 5 nitrogen and oxygen atoms in total. The summed E-state index contributed by atoms with van der Waals surface area (Å²) < 4.78 is 0. The Labute approximate surface area is 86.4 Å². The minimum absolute atomic E-state index is 0.236. The quantitative estimate of drug-likeness (QED) is 0.558. The summed E-state index contributed by atoms with van der Waals surface area (Å²) in [7, 11) is 0. The molecule has 1 heterocycles. The maximum atomic E-state index is 7.19. The van der Waals surface area contributed by atoms with Crippen LogP contribution in [0.1, 0.15) is 19.3 Å². The third kappa shape index (κ3) is 2.20. The van der Waals surface area contributed by atoms with E-state index in [1.165, 1.54) is 12.8 Å². The molecule has 1 aliphatic carbocycles. The third-order valence-corrected chi connectivity index (χ3v) is 2.93. The van der Waals surface area contributed by atoms with E-state index in [1.54, 1.807) is 16.8 Å². The van der Waals surface area contributed by atoms with E-state index in [4.69, 9.17) is 11.1 Å². The zero-order valence-corrected chi connectivity index (χ0v) is 8.63. The molecule has 2 rings (SSSR count). The highest BCUT2D eigenvalue weighted by molar-refractivity contribution is 7.13. The molecule has 0 aliphatic heterocycles. The van der Waals surface area contributed by atoms with E-state index in [9.17, 15) is 0 Å². The van der Waals surface area contributed by atoms with Crippen LogP contribution in [0.2, 0.25) is 0 Å². The van der Waals surface area contributed by atoms with Crippen molar-refractivity contribution in [2.45, 2.75) is 25.3 Å². The number of anilines is 1. The Morgan fingerprint density at radius 1 is 1.71 bits per heavy atom. The summed E-state index contributed by atoms with van der Waals surface area (Å²) in [6, 6.07) is 0.599. The van der Waals surface area contributed by atoms with Crippen LogP contribution in [0, 0.1) is 5.41 Å². The maximum absolute atomic E-state index is 7.19. The summed E-state index contributed by atoms with van der Waals surface area (Å²) in [6.07, 6.45) is 3.05. The van der Waals surface area contributed by atoms with E-state index >= 15 is 0 Å². The first-order valence-corrected chi connectivity index (χ1v) is 5.51. The van der Waals surface area contributed by atoms with Crippen molar-refractivity contribution in [3.63, 3.8) is 0 Å². The molecule has 0 radical (unpaired) electrons. The smallest absolute Gasteiger partial charge is 0.208 e. The lowest BCUT2D eigenvalue weighted by Gasteiger charge is -2.20. The Morgan fingerprint density at radius 3 is 3.00 bits per heavy atom. The SMILES string of the molecule is N=C(N)CCN(c1nncs1)C1CC1. The summed E-state index contributed by atoms with van der Waals surface area (Å²) in [6.45, 7) is 0.787. The van der Waals surface area contributed by atoms with Crippen molar-refractivity contribution in [3.8, 4) is 0 Å². The fourth-order valence-electron chi connectivity index (χ4n) is 1.35. The lowest BCUT2D eigenvalue weighted by molar-refractivity contribution is 0.784. The van der Waals surface area contributed by atoms with Crippen molar-refractivity contribution in [2.24, 2.45) is 5.73 Å². The van der Waals surface area contributed by atoms with Gasteiger partial charge in [0.05, 0.1) is 5.84 Å². The Balaban J connectivity index is 1.97. The standard InChI is InChI=1S/C8H13N5S/c9-7(10)3-4-13(6-1-2-6)8-12-11-5-14-8/h5-6H,1-4H2,(H3,9,10). The van der Waals surface area contributed by atoms with Crippen LogP contribution >= 0.6 is 11.3 Å². The molecule has 0 spiro atoms. The lowest BCUT2D eigenvalue weighted by Crippen LogP contribution is -2.29. The van der Waals surface area contributed by atoms with Crippen LogP contribution in [0.4, 0.5) is 5.13 Å². The van der Waals surface area contributed by atoms with Gasteiger partial charge < -0.3 is 10.6 Å². The largest absolute Gasteiger partial charge is 0.388 e. The first-order chi connectivity index (χ1) is 6.77. The lowest BCUT2D eigenvalue weighted by atomic mass is 10.3. The number of rotatable bonds is 5. The van der Waals surface area contributed by atoms with Gasteiger partial charge in [0, 0.05) is 19.0 Å². The molecule has 1 aliphatic rings. The van der Waals surface area contributed by atoms with Gasteiger partial charge >= 0.3 is 0 Å². The van der Waals surface area contributed by atoms with Crippen molar-refractivity contribution >= 4 is 22.3 Å². The number of nitrogens with one attached hydrogen (secondary N) is 1. The van der Waals surface area contributed by atoms with Crippen LogP contribution in [-0.2, 0) is 0 Å². The molecule has 3 N–H and O–H groups in total. The molecule has 14 heavy (non-hydrogen) atoms. The van der Waals surface area contributed by atoms with Gasteiger partial charge in [0.25, 0.3) is 0 Å². The molecule has 0 amide bonds. The van der Waals surface area contributed by atoms with Crippen LogP contribution in [0.5, 0.6) is 0 Å². The van der Waals surface area contributed by atoms with Crippen molar-refractivity contribution in [2.75, 3.05) is 11.4 Å². The van der Waals surface area contributed by atoms with Gasteiger partial charge in [0.2, 0.25) is 5.13 Å². The van der Waals surface area contributed by atoms with Crippen molar-refractivity contribution < 1.29 is 0 Å². The molecule has 6 heteroatoms. The number of amidine groups is 1. The van der Waals surface area contributed by atoms with Gasteiger partial charge in [0.1, 0.15) is 5.51 Å². The first kappa shape index (κ1) is 9.39. The highest BCUT2D eigenvalue weighted by Gasteiger charge is 2.30. The zero-order valence-electron chi connectivity index (χ0n) is 7.81. The van der Waals surface area contributed by atoms with Crippen molar-refractivity contribution in [1.29, 1.82) is 5.41 Å². The Hall–Kier alpha value is -1.17. The summed E-state index contributed by atoms with van der Waals surface area (Å²) in [5, 5.41) is 16.0. The topological polar surface area (TPSA) is 78.9 Å². The van der Waals surface area contributed by atoms with Gasteiger partial charge in [-0.05, 0) is 12.8 Å². The van der Waals surface area contributed by atoms with Crippen LogP contribution in [-0.4, -0.2) is 28.6 Å². The second-order valence-electron chi connectivity index (χ2n) is 3.42. The molecule has 1 aromatic heterocycles. The highest BCUT2D eigenvalue weighted by atomic mass is 32.1. The van der Waals surface area contributed by atoms with E-state index < -0.39 is 0 Å². The summed E-state index contributed by atoms with van der Waals surface area (Å²) >= 11 is 1.54. The van der Waals surface area contributed by atoms with Gasteiger partial charge in [-0.15, -0.1) is 10.2 Å². The Morgan fingerprint density at radius 2 is 2.50 bits per heavy atom. The molecule has 1 fully saturated rings. The predicted molar refractivity (Wildman–Crippen MR) is 56.8 cm³/mol. The second-order valence-corrected chi connectivity index (χ2v) is 4.23. The fraction of sp³-hybridized carbons (Fsp3) is 0.625. The van der Waals surface area contributed by atoms with Crippen LogP contribution < -0.4 is 10.6 Å². The van der Waals surface area contributed by atoms with E-state index in [2.05, 4.69) is 15.1 Å². The first-order valence-electron chi connectivity index (χ1n) is 4.63. The number of hydrogen-bond acceptors (Lipinski definition) is 5. The summed E-state index contributed by atoms with van der Waals surface area (Å²) in [5.41, 5.74) is 7.07. The maximum Gasteiger partial charge on any atom is 0.208 e. The average Bonchev–Trinajstić information content (AvgIpc) is 2.81.